The molecule has 0 unspecified atom stereocenters. The van der Waals surface area contributed by atoms with Crippen molar-refractivity contribution in [3.05, 3.63) is 30.3 Å². The lowest BCUT2D eigenvalue weighted by Crippen LogP contribution is -2.49. The Morgan fingerprint density at radius 1 is 1.13 bits per heavy atom. The molecule has 1 aromatic carbocycles. The number of carbonyl (C=O) groups is 2. The first kappa shape index (κ1) is 17.3. The molecule has 0 aromatic heterocycles. The Bertz CT molecular complexity index is 510. The molecule has 0 saturated carbocycles. The van der Waals surface area contributed by atoms with Gasteiger partial charge in [0.15, 0.2) is 0 Å². The first-order valence-corrected chi connectivity index (χ1v) is 8.47. The predicted molar refractivity (Wildman–Crippen MR) is 92.3 cm³/mol. The summed E-state index contributed by atoms with van der Waals surface area (Å²) < 4.78 is 0. The lowest BCUT2D eigenvalue weighted by molar-refractivity contribution is -0.131. The zero-order valence-electron chi connectivity index (χ0n) is 14.1. The third-order valence-electron chi connectivity index (χ3n) is 4.45. The van der Waals surface area contributed by atoms with Crippen molar-refractivity contribution in [2.45, 2.75) is 26.7 Å². The summed E-state index contributed by atoms with van der Waals surface area (Å²) in [7, 11) is 0. The van der Waals surface area contributed by atoms with Crippen LogP contribution in [0.25, 0.3) is 0 Å². The molecule has 1 heterocycles. The van der Waals surface area contributed by atoms with Gasteiger partial charge in [-0.1, -0.05) is 32.0 Å². The molecule has 1 N–H and O–H groups in total. The second-order valence-corrected chi connectivity index (χ2v) is 6.05. The van der Waals surface area contributed by atoms with Gasteiger partial charge in [0.05, 0.1) is 0 Å². The number of carbonyl (C=O) groups excluding carboxylic acids is 2. The van der Waals surface area contributed by atoms with E-state index in [0.717, 1.165) is 32.6 Å². The van der Waals surface area contributed by atoms with Gasteiger partial charge in [0.1, 0.15) is 0 Å². The van der Waals surface area contributed by atoms with E-state index in [1.54, 1.807) is 0 Å². The first-order valence-electron chi connectivity index (χ1n) is 8.47. The minimum absolute atomic E-state index is 0.0134. The van der Waals surface area contributed by atoms with Crippen LogP contribution in [0.3, 0.4) is 0 Å². The number of nitrogens with one attached hydrogen (secondary N) is 1. The second kappa shape index (κ2) is 8.56. The van der Waals surface area contributed by atoms with Crippen LogP contribution in [0.2, 0.25) is 0 Å². The molecule has 0 radical (unpaired) electrons. The smallest absolute Gasteiger partial charge is 0.224 e. The van der Waals surface area contributed by atoms with E-state index in [0.29, 0.717) is 13.0 Å². The average molecular weight is 317 g/mol. The topological polar surface area (TPSA) is 52.7 Å². The maximum Gasteiger partial charge on any atom is 0.224 e. The van der Waals surface area contributed by atoms with E-state index < -0.39 is 0 Å². The molecule has 1 fully saturated rings. The van der Waals surface area contributed by atoms with Crippen LogP contribution in [-0.2, 0) is 9.59 Å². The van der Waals surface area contributed by atoms with Crippen molar-refractivity contribution in [2.75, 3.05) is 37.6 Å². The fourth-order valence-corrected chi connectivity index (χ4v) is 2.66. The standard InChI is InChI=1S/C18H27N3O2/c1-3-15(2)18(23)19-10-9-17(22)21-13-11-20(12-14-21)16-7-5-4-6-8-16/h4-8,15H,3,9-14H2,1-2H3,(H,19,23)/t15-/m0/s1. The molecule has 0 bridgehead atoms. The molecule has 0 aliphatic carbocycles. The van der Waals surface area contributed by atoms with Gasteiger partial charge in [-0.2, -0.15) is 0 Å². The van der Waals surface area contributed by atoms with Gasteiger partial charge in [0, 0.05) is 50.7 Å². The Morgan fingerprint density at radius 3 is 2.39 bits per heavy atom. The number of para-hydroxylation sites is 1. The van der Waals surface area contributed by atoms with Crippen LogP contribution in [0.1, 0.15) is 26.7 Å². The Kier molecular flexibility index (Phi) is 6.44. The average Bonchev–Trinajstić information content (AvgIpc) is 2.61. The minimum Gasteiger partial charge on any atom is -0.368 e. The fraction of sp³-hybridized carbons (Fsp3) is 0.556. The van der Waals surface area contributed by atoms with Crippen molar-refractivity contribution in [3.63, 3.8) is 0 Å². The molecule has 1 saturated heterocycles. The first-order chi connectivity index (χ1) is 11.1. The van der Waals surface area contributed by atoms with Crippen molar-refractivity contribution in [1.82, 2.24) is 10.2 Å². The van der Waals surface area contributed by atoms with E-state index >= 15 is 0 Å². The monoisotopic (exact) mass is 317 g/mol. The van der Waals surface area contributed by atoms with Crippen LogP contribution in [0.4, 0.5) is 5.69 Å². The Hall–Kier alpha value is -2.04. The number of nitrogens with zero attached hydrogens (tertiary/aromatic N) is 2. The maximum atomic E-state index is 12.2. The second-order valence-electron chi connectivity index (χ2n) is 6.05. The van der Waals surface area contributed by atoms with Gasteiger partial charge in [0.25, 0.3) is 0 Å². The normalized spacial score (nSPS) is 16.1. The molecular weight excluding hydrogens is 290 g/mol. The molecule has 2 amide bonds. The summed E-state index contributed by atoms with van der Waals surface area (Å²) in [5, 5.41) is 2.84. The van der Waals surface area contributed by atoms with E-state index in [-0.39, 0.29) is 17.7 Å². The zero-order chi connectivity index (χ0) is 16.7. The van der Waals surface area contributed by atoms with E-state index in [9.17, 15) is 9.59 Å². The highest BCUT2D eigenvalue weighted by atomic mass is 16.2. The van der Waals surface area contributed by atoms with Gasteiger partial charge in [-0.25, -0.2) is 0 Å². The summed E-state index contributed by atoms with van der Waals surface area (Å²) in [6, 6.07) is 10.3. The molecule has 1 atom stereocenters. The number of piperazine rings is 1. The number of anilines is 1. The lowest BCUT2D eigenvalue weighted by atomic mass is 10.1. The molecule has 2 rings (SSSR count). The van der Waals surface area contributed by atoms with Crippen molar-refractivity contribution >= 4 is 17.5 Å². The summed E-state index contributed by atoms with van der Waals surface area (Å²) in [5.41, 5.74) is 1.21. The molecule has 23 heavy (non-hydrogen) atoms. The number of benzene rings is 1. The van der Waals surface area contributed by atoms with Crippen molar-refractivity contribution in [2.24, 2.45) is 5.92 Å². The third kappa shape index (κ3) is 4.98. The summed E-state index contributed by atoms with van der Waals surface area (Å²) in [5.74, 6) is 0.177. The third-order valence-corrected chi connectivity index (χ3v) is 4.45. The van der Waals surface area contributed by atoms with Crippen LogP contribution in [-0.4, -0.2) is 49.4 Å². The van der Waals surface area contributed by atoms with Crippen LogP contribution >= 0.6 is 0 Å². The Morgan fingerprint density at radius 2 is 1.78 bits per heavy atom. The highest BCUT2D eigenvalue weighted by Crippen LogP contribution is 2.15. The summed E-state index contributed by atoms with van der Waals surface area (Å²) in [6.07, 6.45) is 1.20. The zero-order valence-corrected chi connectivity index (χ0v) is 14.1. The molecule has 5 heteroatoms. The molecule has 5 nitrogen and oxygen atoms in total. The van der Waals surface area contributed by atoms with E-state index in [2.05, 4.69) is 22.3 Å². The molecule has 126 valence electrons. The molecule has 1 aliphatic heterocycles. The minimum atomic E-state index is 0.0134. The maximum absolute atomic E-state index is 12.2. The van der Waals surface area contributed by atoms with Gasteiger partial charge in [0.2, 0.25) is 11.8 Å². The largest absolute Gasteiger partial charge is 0.368 e. The van der Waals surface area contributed by atoms with Gasteiger partial charge in [-0.05, 0) is 18.6 Å². The van der Waals surface area contributed by atoms with E-state index in [1.807, 2.05) is 36.9 Å². The van der Waals surface area contributed by atoms with Gasteiger partial charge in [-0.3, -0.25) is 9.59 Å². The number of rotatable bonds is 6. The summed E-state index contributed by atoms with van der Waals surface area (Å²) >= 11 is 0. The summed E-state index contributed by atoms with van der Waals surface area (Å²) in [4.78, 5) is 28.1. The van der Waals surface area contributed by atoms with Crippen LogP contribution in [0.15, 0.2) is 30.3 Å². The SMILES string of the molecule is CC[C@H](C)C(=O)NCCC(=O)N1CCN(c2ccccc2)CC1. The molecule has 0 spiro atoms. The Balaban J connectivity index is 1.70. The number of amides is 2. The van der Waals surface area contributed by atoms with Crippen LogP contribution in [0.5, 0.6) is 0 Å². The fourth-order valence-electron chi connectivity index (χ4n) is 2.66. The predicted octanol–water partition coefficient (Wildman–Crippen LogP) is 1.89. The lowest BCUT2D eigenvalue weighted by Gasteiger charge is -2.36. The Labute approximate surface area is 138 Å². The van der Waals surface area contributed by atoms with Gasteiger partial charge >= 0.3 is 0 Å². The quantitative estimate of drug-likeness (QED) is 0.872. The molecular formula is C18H27N3O2. The van der Waals surface area contributed by atoms with Crippen molar-refractivity contribution < 1.29 is 9.59 Å². The summed E-state index contributed by atoms with van der Waals surface area (Å²) in [6.45, 7) is 7.52. The van der Waals surface area contributed by atoms with Crippen molar-refractivity contribution in [1.29, 1.82) is 0 Å². The van der Waals surface area contributed by atoms with Crippen LogP contribution in [0, 0.1) is 5.92 Å². The molecule has 1 aliphatic rings. The number of hydrogen-bond acceptors (Lipinski definition) is 3. The molecule has 1 aromatic rings. The van der Waals surface area contributed by atoms with Crippen molar-refractivity contribution in [3.8, 4) is 0 Å². The highest BCUT2D eigenvalue weighted by molar-refractivity contribution is 5.80. The van der Waals surface area contributed by atoms with Crippen LogP contribution < -0.4 is 10.2 Å². The van der Waals surface area contributed by atoms with E-state index in [4.69, 9.17) is 0 Å². The number of hydrogen-bond donors (Lipinski definition) is 1. The van der Waals surface area contributed by atoms with E-state index in [1.165, 1.54) is 5.69 Å². The van der Waals surface area contributed by atoms with Gasteiger partial charge in [-0.15, -0.1) is 0 Å². The highest BCUT2D eigenvalue weighted by Gasteiger charge is 2.21. The van der Waals surface area contributed by atoms with Gasteiger partial charge < -0.3 is 15.1 Å².